The lowest BCUT2D eigenvalue weighted by Crippen LogP contribution is -2.04. The highest BCUT2D eigenvalue weighted by Crippen LogP contribution is 2.27. The van der Waals surface area contributed by atoms with Crippen LogP contribution in [0.25, 0.3) is 22.8 Å². The van der Waals surface area contributed by atoms with E-state index >= 15 is 0 Å². The van der Waals surface area contributed by atoms with Crippen LogP contribution in [0, 0.1) is 0 Å². The molecule has 8 heteroatoms. The number of ketones is 1. The monoisotopic (exact) mass is 391 g/mol. The molecule has 4 heterocycles. The van der Waals surface area contributed by atoms with Crippen molar-refractivity contribution in [2.45, 2.75) is 5.16 Å². The molecule has 0 N–H and O–H groups in total. The summed E-state index contributed by atoms with van der Waals surface area (Å²) < 4.78 is 0. The number of carbonyl (C=O) groups excluding carboxylic acids is 1. The van der Waals surface area contributed by atoms with E-state index in [1.165, 1.54) is 23.1 Å². The molecule has 0 saturated heterocycles. The Morgan fingerprint density at radius 1 is 0.889 bits per heavy atom. The van der Waals surface area contributed by atoms with E-state index in [2.05, 4.69) is 25.1 Å². The van der Waals surface area contributed by atoms with Crippen molar-refractivity contribution in [3.05, 3.63) is 71.2 Å². The maximum Gasteiger partial charge on any atom is 0.210 e. The molecule has 4 rings (SSSR count). The van der Waals surface area contributed by atoms with Gasteiger partial charge in [0.2, 0.25) is 5.16 Å². The third kappa shape index (κ3) is 4.07. The number of thioether (sulfide) groups is 1. The van der Waals surface area contributed by atoms with Crippen LogP contribution in [0.4, 0.5) is 0 Å². The number of carbonyl (C=O) groups is 1. The van der Waals surface area contributed by atoms with Gasteiger partial charge in [-0.05, 0) is 35.7 Å². The van der Waals surface area contributed by atoms with Gasteiger partial charge in [-0.1, -0.05) is 30.0 Å². The minimum absolute atomic E-state index is 0.0480. The Morgan fingerprint density at radius 2 is 1.63 bits per heavy atom. The summed E-state index contributed by atoms with van der Waals surface area (Å²) in [6.45, 7) is 0. The van der Waals surface area contributed by atoms with Crippen molar-refractivity contribution in [1.29, 1.82) is 0 Å². The van der Waals surface area contributed by atoms with Crippen LogP contribution in [0.5, 0.6) is 0 Å². The van der Waals surface area contributed by atoms with Gasteiger partial charge in [-0.3, -0.25) is 14.8 Å². The van der Waals surface area contributed by atoms with Gasteiger partial charge >= 0.3 is 0 Å². The molecular weight excluding hydrogens is 378 g/mol. The Morgan fingerprint density at radius 3 is 2.26 bits per heavy atom. The Hall–Kier alpha value is -2.97. The van der Waals surface area contributed by atoms with Crippen molar-refractivity contribution in [1.82, 2.24) is 25.1 Å². The zero-order valence-corrected chi connectivity index (χ0v) is 15.7. The molecule has 0 radical (unpaired) electrons. The molecule has 0 saturated carbocycles. The molecule has 4 aromatic heterocycles. The number of rotatable bonds is 6. The van der Waals surface area contributed by atoms with E-state index < -0.39 is 0 Å². The Labute approximate surface area is 163 Å². The number of aromatic nitrogens is 5. The van der Waals surface area contributed by atoms with Crippen molar-refractivity contribution >= 4 is 28.9 Å². The van der Waals surface area contributed by atoms with Crippen molar-refractivity contribution in [2.75, 3.05) is 5.75 Å². The minimum Gasteiger partial charge on any atom is -0.292 e. The molecule has 27 heavy (non-hydrogen) atoms. The highest BCUT2D eigenvalue weighted by Gasteiger charge is 2.16. The molecule has 0 aromatic carbocycles. The number of hydrogen-bond donors (Lipinski definition) is 0. The molecule has 0 unspecified atom stereocenters. The van der Waals surface area contributed by atoms with Crippen LogP contribution < -0.4 is 0 Å². The maximum atomic E-state index is 12.2. The van der Waals surface area contributed by atoms with Gasteiger partial charge in [0, 0.05) is 12.4 Å². The second kappa shape index (κ2) is 8.15. The molecule has 0 amide bonds. The quantitative estimate of drug-likeness (QED) is 0.362. The lowest BCUT2D eigenvalue weighted by molar-refractivity contribution is 0.102. The summed E-state index contributed by atoms with van der Waals surface area (Å²) in [6, 6.07) is 14.8. The molecule has 132 valence electrons. The molecule has 0 aliphatic rings. The predicted molar refractivity (Wildman–Crippen MR) is 106 cm³/mol. The summed E-state index contributed by atoms with van der Waals surface area (Å²) in [6.07, 6.45) is 3.40. The first-order chi connectivity index (χ1) is 13.3. The lowest BCUT2D eigenvalue weighted by atomic mass is 10.1. The lowest BCUT2D eigenvalue weighted by Gasteiger charge is -2.07. The van der Waals surface area contributed by atoms with E-state index in [4.69, 9.17) is 0 Å². The van der Waals surface area contributed by atoms with E-state index in [-0.39, 0.29) is 11.5 Å². The first-order valence-corrected chi connectivity index (χ1v) is 9.95. The van der Waals surface area contributed by atoms with E-state index in [1.54, 1.807) is 12.4 Å². The van der Waals surface area contributed by atoms with Crippen LogP contribution in [0.15, 0.2) is 71.5 Å². The standard InChI is InChI=1S/C19H13N5OS2/c25-15(16-8-5-11-26-16)12-27-19-22-17(13-6-1-3-9-20-13)18(23-24-19)14-7-2-4-10-21-14/h1-11H,12H2. The summed E-state index contributed by atoms with van der Waals surface area (Å²) in [5, 5.41) is 10.8. The van der Waals surface area contributed by atoms with Crippen LogP contribution in [0.1, 0.15) is 9.67 Å². The molecule has 0 aliphatic carbocycles. The first-order valence-electron chi connectivity index (χ1n) is 8.08. The molecule has 4 aromatic rings. The van der Waals surface area contributed by atoms with Crippen molar-refractivity contribution < 1.29 is 4.79 Å². The fourth-order valence-corrected chi connectivity index (χ4v) is 3.79. The summed E-state index contributed by atoms with van der Waals surface area (Å²) in [5.41, 5.74) is 2.50. The van der Waals surface area contributed by atoms with Crippen molar-refractivity contribution in [2.24, 2.45) is 0 Å². The van der Waals surface area contributed by atoms with Gasteiger partial charge in [-0.25, -0.2) is 4.98 Å². The molecule has 0 fully saturated rings. The second-order valence-corrected chi connectivity index (χ2v) is 7.30. The van der Waals surface area contributed by atoms with Gasteiger partial charge in [0.1, 0.15) is 11.4 Å². The Kier molecular flexibility index (Phi) is 5.27. The normalized spacial score (nSPS) is 10.7. The fourth-order valence-electron chi connectivity index (χ4n) is 2.37. The molecule has 6 nitrogen and oxygen atoms in total. The average Bonchev–Trinajstić information content (AvgIpc) is 3.28. The largest absolute Gasteiger partial charge is 0.292 e. The summed E-state index contributed by atoms with van der Waals surface area (Å²) in [7, 11) is 0. The van der Waals surface area contributed by atoms with Crippen LogP contribution in [-0.2, 0) is 0 Å². The topological polar surface area (TPSA) is 81.5 Å². The van der Waals surface area contributed by atoms with E-state index in [0.29, 0.717) is 27.9 Å². The average molecular weight is 391 g/mol. The predicted octanol–water partition coefficient (Wildman–Crippen LogP) is 4.03. The Balaban J connectivity index is 1.66. The molecule has 0 aliphatic heterocycles. The summed E-state index contributed by atoms with van der Waals surface area (Å²) >= 11 is 2.69. The van der Waals surface area contributed by atoms with Gasteiger partial charge in [-0.15, -0.1) is 21.5 Å². The third-order valence-corrected chi connectivity index (χ3v) is 5.36. The summed E-state index contributed by atoms with van der Waals surface area (Å²) in [4.78, 5) is 26.3. The number of Topliss-reactive ketones (excluding diaryl/α,β-unsaturated/α-hetero) is 1. The first kappa shape index (κ1) is 17.4. The molecule has 0 spiro atoms. The minimum atomic E-state index is 0.0480. The van der Waals surface area contributed by atoms with Crippen LogP contribution in [0.2, 0.25) is 0 Å². The fraction of sp³-hybridized carbons (Fsp3) is 0.0526. The zero-order valence-electron chi connectivity index (χ0n) is 14.0. The van der Waals surface area contributed by atoms with Gasteiger partial charge in [0.25, 0.3) is 0 Å². The van der Waals surface area contributed by atoms with Crippen LogP contribution in [-0.4, -0.2) is 36.7 Å². The van der Waals surface area contributed by atoms with Crippen LogP contribution >= 0.6 is 23.1 Å². The van der Waals surface area contributed by atoms with Gasteiger partial charge in [0.15, 0.2) is 5.78 Å². The highest BCUT2D eigenvalue weighted by atomic mass is 32.2. The zero-order chi connectivity index (χ0) is 18.5. The third-order valence-electron chi connectivity index (χ3n) is 3.61. The molecule has 0 bridgehead atoms. The SMILES string of the molecule is O=C(CSc1nnc(-c2ccccn2)c(-c2ccccn2)n1)c1cccs1. The van der Waals surface area contributed by atoms with E-state index in [0.717, 1.165) is 4.88 Å². The van der Waals surface area contributed by atoms with Gasteiger partial charge in [0.05, 0.1) is 22.0 Å². The van der Waals surface area contributed by atoms with Gasteiger partial charge < -0.3 is 0 Å². The smallest absolute Gasteiger partial charge is 0.210 e. The Bertz CT molecular complexity index is 1040. The van der Waals surface area contributed by atoms with Gasteiger partial charge in [-0.2, -0.15) is 0 Å². The van der Waals surface area contributed by atoms with E-state index in [1.807, 2.05) is 53.9 Å². The maximum absolute atomic E-state index is 12.2. The number of hydrogen-bond acceptors (Lipinski definition) is 8. The second-order valence-electron chi connectivity index (χ2n) is 5.41. The number of pyridine rings is 2. The van der Waals surface area contributed by atoms with Crippen molar-refractivity contribution in [3.63, 3.8) is 0 Å². The number of thiophene rings is 1. The van der Waals surface area contributed by atoms with E-state index in [9.17, 15) is 4.79 Å². The molecular formula is C19H13N5OS2. The van der Waals surface area contributed by atoms with Crippen molar-refractivity contribution in [3.8, 4) is 22.8 Å². The molecule has 0 atom stereocenters. The highest BCUT2D eigenvalue weighted by molar-refractivity contribution is 7.99. The number of nitrogens with zero attached hydrogens (tertiary/aromatic N) is 5. The van der Waals surface area contributed by atoms with Crippen LogP contribution in [0.3, 0.4) is 0 Å². The summed E-state index contributed by atoms with van der Waals surface area (Å²) in [5.74, 6) is 0.305.